The van der Waals surface area contributed by atoms with Crippen LogP contribution in [-0.2, 0) is 21.2 Å². The van der Waals surface area contributed by atoms with Gasteiger partial charge in [0.25, 0.3) is 0 Å². The molecule has 8 heteroatoms. The molecule has 30 heavy (non-hydrogen) atoms. The first-order valence-corrected chi connectivity index (χ1v) is 11.4. The van der Waals surface area contributed by atoms with Crippen molar-refractivity contribution in [1.82, 2.24) is 10.0 Å². The number of hydrogen-bond donors (Lipinski definition) is 2. The lowest BCUT2D eigenvalue weighted by atomic mass is 10.1. The Balaban J connectivity index is 2.30. The molecule has 7 nitrogen and oxygen atoms in total. The lowest BCUT2D eigenvalue weighted by molar-refractivity contribution is -0.123. The number of benzene rings is 2. The van der Waals surface area contributed by atoms with E-state index in [0.29, 0.717) is 11.5 Å². The second-order valence-corrected chi connectivity index (χ2v) is 8.79. The van der Waals surface area contributed by atoms with Gasteiger partial charge >= 0.3 is 0 Å². The highest BCUT2D eigenvalue weighted by Crippen LogP contribution is 2.29. The largest absolute Gasteiger partial charge is 0.493 e. The van der Waals surface area contributed by atoms with Gasteiger partial charge < -0.3 is 14.8 Å². The van der Waals surface area contributed by atoms with E-state index >= 15 is 0 Å². The SMILES string of the molecule is CCC[C@H](C)NC(=O)[C@@H](Cc1ccccc1)NS(=O)(=O)c1ccc(OC)c(OC)c1. The molecule has 0 saturated heterocycles. The fraction of sp³-hybridized carbons (Fsp3) is 0.409. The molecule has 0 aromatic heterocycles. The molecule has 1 amide bonds. The van der Waals surface area contributed by atoms with Gasteiger partial charge in [0, 0.05) is 12.1 Å². The van der Waals surface area contributed by atoms with Gasteiger partial charge in [-0.05, 0) is 37.5 Å². The third kappa shape index (κ3) is 6.47. The molecule has 2 rings (SSSR count). The number of hydrogen-bond acceptors (Lipinski definition) is 5. The van der Waals surface area contributed by atoms with Crippen LogP contribution in [0.15, 0.2) is 53.4 Å². The van der Waals surface area contributed by atoms with E-state index in [1.165, 1.54) is 32.4 Å². The van der Waals surface area contributed by atoms with Crippen LogP contribution < -0.4 is 19.5 Å². The van der Waals surface area contributed by atoms with Gasteiger partial charge in [-0.25, -0.2) is 8.42 Å². The van der Waals surface area contributed by atoms with E-state index in [9.17, 15) is 13.2 Å². The van der Waals surface area contributed by atoms with Crippen LogP contribution in [0.25, 0.3) is 0 Å². The minimum atomic E-state index is -3.98. The quantitative estimate of drug-likeness (QED) is 0.567. The molecule has 2 atom stereocenters. The first-order valence-electron chi connectivity index (χ1n) is 9.89. The molecule has 0 spiro atoms. The molecule has 0 bridgehead atoms. The molecule has 0 radical (unpaired) electrons. The molecule has 2 N–H and O–H groups in total. The van der Waals surface area contributed by atoms with Gasteiger partial charge in [0.1, 0.15) is 6.04 Å². The van der Waals surface area contributed by atoms with Gasteiger partial charge in [-0.3, -0.25) is 4.79 Å². The molecule has 164 valence electrons. The highest BCUT2D eigenvalue weighted by molar-refractivity contribution is 7.89. The lowest BCUT2D eigenvalue weighted by Crippen LogP contribution is -2.50. The van der Waals surface area contributed by atoms with E-state index in [1.807, 2.05) is 44.2 Å². The van der Waals surface area contributed by atoms with Crippen molar-refractivity contribution in [3.05, 3.63) is 54.1 Å². The summed E-state index contributed by atoms with van der Waals surface area (Å²) in [5, 5.41) is 2.91. The number of amides is 1. The standard InChI is InChI=1S/C22H30N2O5S/c1-5-9-16(2)23-22(25)19(14-17-10-7-6-8-11-17)24-30(26,27)18-12-13-20(28-3)21(15-18)29-4/h6-8,10-13,15-16,19,24H,5,9,14H2,1-4H3,(H,23,25)/t16-,19+/m0/s1. The molecule has 0 saturated carbocycles. The Morgan fingerprint density at radius 1 is 1.03 bits per heavy atom. The van der Waals surface area contributed by atoms with Crippen molar-refractivity contribution in [2.45, 2.75) is 50.1 Å². The number of carbonyl (C=O) groups excluding carboxylic acids is 1. The predicted octanol–water partition coefficient (Wildman–Crippen LogP) is 2.90. The van der Waals surface area contributed by atoms with E-state index in [2.05, 4.69) is 10.0 Å². The minimum Gasteiger partial charge on any atom is -0.493 e. The number of methoxy groups -OCH3 is 2. The Kier molecular flexibility index (Phi) is 8.68. The highest BCUT2D eigenvalue weighted by Gasteiger charge is 2.27. The number of ether oxygens (including phenoxy) is 2. The first-order chi connectivity index (χ1) is 14.3. The van der Waals surface area contributed by atoms with Crippen molar-refractivity contribution in [3.63, 3.8) is 0 Å². The molecule has 2 aromatic carbocycles. The summed E-state index contributed by atoms with van der Waals surface area (Å²) < 4.78 is 39.0. The topological polar surface area (TPSA) is 93.7 Å². The molecule has 0 aliphatic carbocycles. The number of rotatable bonds is 11. The predicted molar refractivity (Wildman–Crippen MR) is 116 cm³/mol. The maximum atomic E-state index is 13.0. The summed E-state index contributed by atoms with van der Waals surface area (Å²) in [6.45, 7) is 3.94. The normalized spacial score (nSPS) is 13.3. The van der Waals surface area contributed by atoms with Crippen molar-refractivity contribution in [2.75, 3.05) is 14.2 Å². The first kappa shape index (κ1) is 23.7. The van der Waals surface area contributed by atoms with Gasteiger partial charge in [-0.1, -0.05) is 43.7 Å². The molecule has 2 aromatic rings. The summed E-state index contributed by atoms with van der Waals surface area (Å²) >= 11 is 0. The molecule has 0 fully saturated rings. The van der Waals surface area contributed by atoms with Crippen LogP contribution in [0.5, 0.6) is 11.5 Å². The molecule has 0 heterocycles. The van der Waals surface area contributed by atoms with Crippen LogP contribution in [0, 0.1) is 0 Å². The lowest BCUT2D eigenvalue weighted by Gasteiger charge is -2.21. The zero-order chi connectivity index (χ0) is 22.1. The van der Waals surface area contributed by atoms with Crippen LogP contribution in [0.1, 0.15) is 32.3 Å². The minimum absolute atomic E-state index is 0.00683. The van der Waals surface area contributed by atoms with Gasteiger partial charge in [0.15, 0.2) is 11.5 Å². The third-order valence-electron chi connectivity index (χ3n) is 4.67. The van der Waals surface area contributed by atoms with Crippen LogP contribution >= 0.6 is 0 Å². The fourth-order valence-corrected chi connectivity index (χ4v) is 4.34. The summed E-state index contributed by atoms with van der Waals surface area (Å²) in [7, 11) is -1.07. The van der Waals surface area contributed by atoms with E-state index in [-0.39, 0.29) is 23.3 Å². The third-order valence-corrected chi connectivity index (χ3v) is 6.14. The second kappa shape index (κ2) is 11.0. The van der Waals surface area contributed by atoms with E-state index in [1.54, 1.807) is 0 Å². The van der Waals surface area contributed by atoms with Crippen LogP contribution in [0.4, 0.5) is 0 Å². The average Bonchev–Trinajstić information content (AvgIpc) is 2.73. The monoisotopic (exact) mass is 434 g/mol. The van der Waals surface area contributed by atoms with Gasteiger partial charge in [0.2, 0.25) is 15.9 Å². The van der Waals surface area contributed by atoms with Crippen LogP contribution in [-0.4, -0.2) is 40.6 Å². The molecule has 0 aliphatic rings. The Bertz CT molecular complexity index is 932. The van der Waals surface area contributed by atoms with Crippen molar-refractivity contribution in [3.8, 4) is 11.5 Å². The summed E-state index contributed by atoms with van der Waals surface area (Å²) in [5.41, 5.74) is 0.857. The number of nitrogens with one attached hydrogen (secondary N) is 2. The second-order valence-electron chi connectivity index (χ2n) is 7.08. The van der Waals surface area contributed by atoms with Gasteiger partial charge in [-0.15, -0.1) is 0 Å². The van der Waals surface area contributed by atoms with Crippen LogP contribution in [0.2, 0.25) is 0 Å². The van der Waals surface area contributed by atoms with Crippen molar-refractivity contribution in [2.24, 2.45) is 0 Å². The summed E-state index contributed by atoms with van der Waals surface area (Å²) in [5.74, 6) is 0.355. The summed E-state index contributed by atoms with van der Waals surface area (Å²) in [6, 6.07) is 12.6. The van der Waals surface area contributed by atoms with E-state index < -0.39 is 16.1 Å². The van der Waals surface area contributed by atoms with Crippen molar-refractivity contribution in [1.29, 1.82) is 0 Å². The number of sulfonamides is 1. The smallest absolute Gasteiger partial charge is 0.241 e. The molecule has 0 aliphatic heterocycles. The Morgan fingerprint density at radius 2 is 1.70 bits per heavy atom. The summed E-state index contributed by atoms with van der Waals surface area (Å²) in [4.78, 5) is 12.9. The zero-order valence-electron chi connectivity index (χ0n) is 17.8. The number of carbonyl (C=O) groups is 1. The zero-order valence-corrected chi connectivity index (χ0v) is 18.7. The van der Waals surface area contributed by atoms with Crippen molar-refractivity contribution >= 4 is 15.9 Å². The van der Waals surface area contributed by atoms with Gasteiger partial charge in [0.05, 0.1) is 19.1 Å². The van der Waals surface area contributed by atoms with E-state index in [4.69, 9.17) is 9.47 Å². The Hall–Kier alpha value is -2.58. The average molecular weight is 435 g/mol. The maximum absolute atomic E-state index is 13.0. The van der Waals surface area contributed by atoms with E-state index in [0.717, 1.165) is 18.4 Å². The Labute approximate surface area is 178 Å². The fourth-order valence-electron chi connectivity index (χ4n) is 3.13. The Morgan fingerprint density at radius 3 is 2.30 bits per heavy atom. The van der Waals surface area contributed by atoms with Crippen LogP contribution in [0.3, 0.4) is 0 Å². The molecular formula is C22H30N2O5S. The maximum Gasteiger partial charge on any atom is 0.241 e. The van der Waals surface area contributed by atoms with Gasteiger partial charge in [-0.2, -0.15) is 4.72 Å². The highest BCUT2D eigenvalue weighted by atomic mass is 32.2. The summed E-state index contributed by atoms with van der Waals surface area (Å²) in [6.07, 6.45) is 1.96. The molecule has 0 unspecified atom stereocenters. The van der Waals surface area contributed by atoms with Crippen molar-refractivity contribution < 1.29 is 22.7 Å². The molecular weight excluding hydrogens is 404 g/mol.